The van der Waals surface area contributed by atoms with Gasteiger partial charge in [-0.2, -0.15) is 4.98 Å². The monoisotopic (exact) mass is 554 g/mol. The Labute approximate surface area is 227 Å². The number of anilines is 5. The second kappa shape index (κ2) is 10.8. The van der Waals surface area contributed by atoms with E-state index in [1.165, 1.54) is 6.20 Å². The largest absolute Gasteiger partial charge is 0.494 e. The Balaban J connectivity index is 1.30. The fourth-order valence-corrected chi connectivity index (χ4v) is 5.86. The molecule has 0 radical (unpaired) electrons. The summed E-state index contributed by atoms with van der Waals surface area (Å²) in [5.41, 5.74) is 2.43. The molecule has 1 aliphatic heterocycles. The van der Waals surface area contributed by atoms with Crippen LogP contribution in [0.1, 0.15) is 12.8 Å². The highest BCUT2D eigenvalue weighted by Gasteiger charge is 2.34. The van der Waals surface area contributed by atoms with Gasteiger partial charge in [-0.1, -0.05) is 23.7 Å². The molecule has 3 aromatic rings. The average Bonchev–Trinajstić information content (AvgIpc) is 3.76. The van der Waals surface area contributed by atoms with Crippen LogP contribution in [-0.2, 0) is 9.36 Å². The lowest BCUT2D eigenvalue weighted by atomic mass is 10.2. The third kappa shape index (κ3) is 5.89. The van der Waals surface area contributed by atoms with E-state index in [1.807, 2.05) is 47.4 Å². The van der Waals surface area contributed by atoms with E-state index in [2.05, 4.69) is 25.5 Å². The van der Waals surface area contributed by atoms with Crippen LogP contribution in [0.3, 0.4) is 0 Å². The molecule has 0 atom stereocenters. The molecule has 1 aromatic heterocycles. The number of amides is 1. The normalized spacial score (nSPS) is 15.8. The van der Waals surface area contributed by atoms with E-state index in [-0.39, 0.29) is 5.92 Å². The zero-order valence-electron chi connectivity index (χ0n) is 21.8. The van der Waals surface area contributed by atoms with E-state index in [0.29, 0.717) is 39.8 Å². The van der Waals surface area contributed by atoms with Gasteiger partial charge in [0.15, 0.2) is 5.82 Å². The van der Waals surface area contributed by atoms with Crippen molar-refractivity contribution in [2.24, 2.45) is 5.92 Å². The minimum atomic E-state index is -2.52. The summed E-state index contributed by atoms with van der Waals surface area (Å²) >= 11 is 6.39. The Morgan fingerprint density at radius 3 is 2.47 bits per heavy atom. The number of nitrogens with one attached hydrogen (secondary N) is 2. The number of methoxy groups -OCH3 is 1. The van der Waals surface area contributed by atoms with Crippen LogP contribution in [0, 0.1) is 5.92 Å². The number of halogens is 1. The smallest absolute Gasteiger partial charge is 0.229 e. The molecule has 2 heterocycles. The minimum Gasteiger partial charge on any atom is -0.494 e. The summed E-state index contributed by atoms with van der Waals surface area (Å²) in [6, 6.07) is 13.4. The van der Waals surface area contributed by atoms with E-state index in [0.717, 1.165) is 50.0 Å². The summed E-state index contributed by atoms with van der Waals surface area (Å²) in [4.78, 5) is 25.5. The van der Waals surface area contributed by atoms with Crippen LogP contribution >= 0.6 is 18.7 Å². The van der Waals surface area contributed by atoms with Gasteiger partial charge >= 0.3 is 0 Å². The second-order valence-electron chi connectivity index (χ2n) is 9.98. The zero-order chi connectivity index (χ0) is 26.9. The van der Waals surface area contributed by atoms with Gasteiger partial charge in [-0.25, -0.2) is 4.98 Å². The molecule has 200 valence electrons. The summed E-state index contributed by atoms with van der Waals surface area (Å²) < 4.78 is 18.4. The minimum absolute atomic E-state index is 0.257. The van der Waals surface area contributed by atoms with Crippen LogP contribution in [0.15, 0.2) is 48.7 Å². The molecular formula is C27H32ClN6O3P. The summed E-state index contributed by atoms with van der Waals surface area (Å²) in [5.74, 6) is 1.95. The lowest BCUT2D eigenvalue weighted by molar-refractivity contribution is -0.132. The lowest BCUT2D eigenvalue weighted by Gasteiger charge is -2.36. The summed E-state index contributed by atoms with van der Waals surface area (Å²) in [6.07, 6.45) is 3.58. The van der Waals surface area contributed by atoms with Crippen molar-refractivity contribution in [2.75, 3.05) is 62.2 Å². The molecule has 11 heteroatoms. The van der Waals surface area contributed by atoms with Crippen LogP contribution in [-0.4, -0.2) is 67.4 Å². The molecule has 2 fully saturated rings. The van der Waals surface area contributed by atoms with Gasteiger partial charge in [0.25, 0.3) is 0 Å². The first-order valence-electron chi connectivity index (χ1n) is 12.7. The zero-order valence-corrected chi connectivity index (χ0v) is 23.4. The molecule has 9 nitrogen and oxygen atoms in total. The average molecular weight is 555 g/mol. The van der Waals surface area contributed by atoms with E-state index < -0.39 is 7.14 Å². The first kappa shape index (κ1) is 26.3. The number of rotatable bonds is 8. The fraction of sp³-hybridized carbons (Fsp3) is 0.370. The molecular weight excluding hydrogens is 523 g/mol. The van der Waals surface area contributed by atoms with Crippen molar-refractivity contribution >= 4 is 58.8 Å². The third-order valence-electron chi connectivity index (χ3n) is 6.80. The molecule has 1 amide bonds. The molecule has 2 aromatic carbocycles. The highest BCUT2D eigenvalue weighted by atomic mass is 35.5. The molecule has 0 unspecified atom stereocenters. The van der Waals surface area contributed by atoms with Gasteiger partial charge in [0.05, 0.1) is 24.7 Å². The maximum absolute atomic E-state index is 12.8. The number of nitrogens with zero attached hydrogens (tertiary/aromatic N) is 4. The van der Waals surface area contributed by atoms with Crippen molar-refractivity contribution in [3.63, 3.8) is 0 Å². The number of aromatic nitrogens is 2. The van der Waals surface area contributed by atoms with Gasteiger partial charge in [0.1, 0.15) is 17.9 Å². The van der Waals surface area contributed by atoms with Gasteiger partial charge in [-0.3, -0.25) is 4.79 Å². The predicted molar refractivity (Wildman–Crippen MR) is 154 cm³/mol. The van der Waals surface area contributed by atoms with E-state index in [1.54, 1.807) is 20.4 Å². The fourth-order valence-electron chi connectivity index (χ4n) is 4.57. The number of para-hydroxylation sites is 1. The van der Waals surface area contributed by atoms with Gasteiger partial charge in [-0.05, 0) is 50.4 Å². The van der Waals surface area contributed by atoms with Gasteiger partial charge < -0.3 is 29.7 Å². The van der Waals surface area contributed by atoms with Gasteiger partial charge in [0.2, 0.25) is 11.9 Å². The second-order valence-corrected chi connectivity index (χ2v) is 13.6. The van der Waals surface area contributed by atoms with Crippen LogP contribution < -0.4 is 25.6 Å². The van der Waals surface area contributed by atoms with Crippen LogP contribution in [0.4, 0.5) is 28.8 Å². The Morgan fingerprint density at radius 1 is 1.05 bits per heavy atom. The number of ether oxygens (including phenoxy) is 1. The third-order valence-corrected chi connectivity index (χ3v) is 8.62. The number of hydrogen-bond donors (Lipinski definition) is 2. The van der Waals surface area contributed by atoms with Crippen molar-refractivity contribution in [1.82, 2.24) is 14.9 Å². The highest BCUT2D eigenvalue weighted by Crippen LogP contribution is 2.39. The topological polar surface area (TPSA) is 99.7 Å². The number of benzene rings is 2. The lowest BCUT2D eigenvalue weighted by Crippen LogP contribution is -2.49. The van der Waals surface area contributed by atoms with Gasteiger partial charge in [-0.15, -0.1) is 0 Å². The molecule has 38 heavy (non-hydrogen) atoms. The van der Waals surface area contributed by atoms with Crippen molar-refractivity contribution in [3.8, 4) is 5.75 Å². The summed E-state index contributed by atoms with van der Waals surface area (Å²) in [5, 5.41) is 7.50. The van der Waals surface area contributed by atoms with Crippen LogP contribution in [0.2, 0.25) is 5.02 Å². The van der Waals surface area contributed by atoms with Gasteiger partial charge in [0, 0.05) is 49.2 Å². The van der Waals surface area contributed by atoms with Crippen LogP contribution in [0.5, 0.6) is 5.75 Å². The van der Waals surface area contributed by atoms with E-state index in [9.17, 15) is 9.36 Å². The Kier molecular flexibility index (Phi) is 7.50. The Hall–Kier alpha value is -3.29. The first-order valence-corrected chi connectivity index (χ1v) is 15.6. The molecule has 1 saturated heterocycles. The maximum Gasteiger partial charge on any atom is 0.229 e. The molecule has 1 saturated carbocycles. The van der Waals surface area contributed by atoms with E-state index in [4.69, 9.17) is 16.3 Å². The van der Waals surface area contributed by atoms with Crippen molar-refractivity contribution < 1.29 is 14.1 Å². The summed E-state index contributed by atoms with van der Waals surface area (Å²) in [7, 11) is -0.894. The number of carbonyl (C=O) groups excluding carboxylic acids is 1. The maximum atomic E-state index is 12.8. The molecule has 0 spiro atoms. The Bertz CT molecular complexity index is 1380. The number of carbonyl (C=O) groups is 1. The molecule has 2 aliphatic rings. The van der Waals surface area contributed by atoms with Crippen molar-refractivity contribution in [1.29, 1.82) is 0 Å². The van der Waals surface area contributed by atoms with Crippen LogP contribution in [0.25, 0.3) is 0 Å². The molecule has 5 rings (SSSR count). The summed E-state index contributed by atoms with van der Waals surface area (Å²) in [6.45, 7) is 6.50. The molecule has 0 bridgehead atoms. The quantitative estimate of drug-likeness (QED) is 0.378. The SMILES string of the molecule is COc1cc(N2CCN(C(=O)C3CC3)CC2)ccc1Nc1ncc(Cl)c(Nc2ccccc2P(C)(C)=O)n1. The predicted octanol–water partition coefficient (Wildman–Crippen LogP) is 4.93. The van der Waals surface area contributed by atoms with Crippen molar-refractivity contribution in [3.05, 3.63) is 53.7 Å². The van der Waals surface area contributed by atoms with Crippen molar-refractivity contribution in [2.45, 2.75) is 12.8 Å². The van der Waals surface area contributed by atoms with E-state index >= 15 is 0 Å². The number of piperazine rings is 1. The highest BCUT2D eigenvalue weighted by molar-refractivity contribution is 7.70. The number of hydrogen-bond acceptors (Lipinski definition) is 8. The Morgan fingerprint density at radius 2 is 1.79 bits per heavy atom. The standard InChI is InChI=1S/C27H32ClN6O3P/c1-37-23-16-19(33-12-14-34(15-13-33)26(35)18-8-9-18)10-11-21(23)31-27-29-17-20(28)25(32-27)30-22-6-4-5-7-24(22)38(2,3)36/h4-7,10-11,16-18H,8-9,12-15H2,1-3H3,(H2,29,30,31,32). The first-order chi connectivity index (χ1) is 18.2. The molecule has 1 aliphatic carbocycles. The molecule has 2 N–H and O–H groups in total.